The van der Waals surface area contributed by atoms with Crippen LogP contribution in [0, 0.1) is 10.1 Å². The third kappa shape index (κ3) is 3.64. The smallest absolute Gasteiger partial charge is 0.322 e. The highest BCUT2D eigenvalue weighted by Crippen LogP contribution is 2.29. The summed E-state index contributed by atoms with van der Waals surface area (Å²) in [6.07, 6.45) is -0.0680. The number of hydrogen-bond donors (Lipinski definition) is 1. The summed E-state index contributed by atoms with van der Waals surface area (Å²) in [7, 11) is 1.40. The number of nitro benzene ring substituents is 1. The Hall–Kier alpha value is -2.35. The van der Waals surface area contributed by atoms with Crippen molar-refractivity contribution in [2.45, 2.75) is 26.1 Å². The van der Waals surface area contributed by atoms with Crippen LogP contribution < -0.4 is 10.1 Å². The molecule has 0 aliphatic carbocycles. The molecule has 1 aromatic carbocycles. The molecule has 1 N–H and O–H groups in total. The van der Waals surface area contributed by atoms with E-state index in [1.165, 1.54) is 25.3 Å². The van der Waals surface area contributed by atoms with Crippen LogP contribution in [-0.2, 0) is 4.74 Å². The van der Waals surface area contributed by atoms with Gasteiger partial charge in [-0.1, -0.05) is 0 Å². The summed E-state index contributed by atoms with van der Waals surface area (Å²) >= 11 is 0. The van der Waals surface area contributed by atoms with Crippen LogP contribution in [0.3, 0.4) is 0 Å². The number of rotatable bonds is 3. The maximum absolute atomic E-state index is 12.3. The quantitative estimate of drug-likeness (QED) is 0.682. The summed E-state index contributed by atoms with van der Waals surface area (Å²) in [6, 6.07) is 3.78. The number of ether oxygens (including phenoxy) is 2. The Bertz CT molecular complexity index is 568. The number of nitrogens with zero attached hydrogens (tertiary/aromatic N) is 2. The second-order valence-corrected chi connectivity index (χ2v) is 5.23. The third-order valence-corrected chi connectivity index (χ3v) is 3.34. The van der Waals surface area contributed by atoms with E-state index >= 15 is 0 Å². The Morgan fingerprint density at radius 1 is 1.41 bits per heavy atom. The first-order valence-corrected chi connectivity index (χ1v) is 6.94. The fourth-order valence-corrected chi connectivity index (χ4v) is 2.43. The second-order valence-electron chi connectivity index (χ2n) is 5.23. The minimum atomic E-state index is -0.514. The maximum atomic E-state index is 12.3. The Morgan fingerprint density at radius 3 is 2.59 bits per heavy atom. The van der Waals surface area contributed by atoms with Crippen molar-refractivity contribution in [1.82, 2.24) is 4.90 Å². The Morgan fingerprint density at radius 2 is 2.05 bits per heavy atom. The lowest BCUT2D eigenvalue weighted by atomic mass is 10.2. The second kappa shape index (κ2) is 6.61. The van der Waals surface area contributed by atoms with Gasteiger partial charge in [0.1, 0.15) is 5.75 Å². The highest BCUT2D eigenvalue weighted by Gasteiger charge is 2.26. The lowest BCUT2D eigenvalue weighted by molar-refractivity contribution is -0.384. The van der Waals surface area contributed by atoms with Crippen LogP contribution in [0.1, 0.15) is 13.8 Å². The van der Waals surface area contributed by atoms with Crippen LogP contribution in [0.5, 0.6) is 5.75 Å². The molecule has 0 spiro atoms. The lowest BCUT2D eigenvalue weighted by Gasteiger charge is -2.35. The number of anilines is 1. The number of hydrogen-bond acceptors (Lipinski definition) is 5. The number of urea groups is 1. The van der Waals surface area contributed by atoms with Gasteiger partial charge in [0.05, 0.1) is 36.0 Å². The van der Waals surface area contributed by atoms with Crippen LogP contribution in [0.2, 0.25) is 0 Å². The summed E-state index contributed by atoms with van der Waals surface area (Å²) in [5.74, 6) is 0.247. The number of nitrogens with one attached hydrogen (secondary N) is 1. The van der Waals surface area contributed by atoms with Crippen LogP contribution in [0.25, 0.3) is 0 Å². The topological polar surface area (TPSA) is 93.9 Å². The molecule has 120 valence electrons. The van der Waals surface area contributed by atoms with Gasteiger partial charge in [-0.25, -0.2) is 4.79 Å². The zero-order valence-electron chi connectivity index (χ0n) is 12.7. The number of carbonyl (C=O) groups is 1. The van der Waals surface area contributed by atoms with E-state index in [9.17, 15) is 14.9 Å². The minimum absolute atomic E-state index is 0.0340. The average Bonchev–Trinajstić information content (AvgIpc) is 2.46. The van der Waals surface area contributed by atoms with Crippen molar-refractivity contribution in [3.8, 4) is 5.75 Å². The molecule has 1 aromatic rings. The monoisotopic (exact) mass is 309 g/mol. The number of morpholine rings is 1. The minimum Gasteiger partial charge on any atom is -0.494 e. The normalized spacial score (nSPS) is 21.3. The first kappa shape index (κ1) is 16.0. The number of amides is 2. The van der Waals surface area contributed by atoms with E-state index in [2.05, 4.69) is 5.32 Å². The van der Waals surface area contributed by atoms with Crippen molar-refractivity contribution >= 4 is 17.4 Å². The van der Waals surface area contributed by atoms with Crippen molar-refractivity contribution < 1.29 is 19.2 Å². The molecule has 1 fully saturated rings. The van der Waals surface area contributed by atoms with Gasteiger partial charge in [-0.3, -0.25) is 10.1 Å². The highest BCUT2D eigenvalue weighted by molar-refractivity contribution is 5.91. The molecule has 1 saturated heterocycles. The van der Waals surface area contributed by atoms with Gasteiger partial charge in [-0.15, -0.1) is 0 Å². The van der Waals surface area contributed by atoms with Crippen molar-refractivity contribution in [2.24, 2.45) is 0 Å². The van der Waals surface area contributed by atoms with E-state index in [1.807, 2.05) is 13.8 Å². The maximum Gasteiger partial charge on any atom is 0.322 e. The summed E-state index contributed by atoms with van der Waals surface area (Å²) in [6.45, 7) is 4.79. The molecular weight excluding hydrogens is 290 g/mol. The molecule has 2 rings (SSSR count). The predicted octanol–water partition coefficient (Wildman–Crippen LogP) is 2.24. The standard InChI is InChI=1S/C14H19N3O5/c1-9-7-16(8-10(2)22-9)14(18)15-12-5-4-11(17(19)20)6-13(12)21-3/h4-6,9-10H,7-8H2,1-3H3,(H,15,18)/t9-,10-/m1/s1. The number of nitro groups is 1. The highest BCUT2D eigenvalue weighted by atomic mass is 16.6. The van der Waals surface area contributed by atoms with Crippen LogP contribution in [0.15, 0.2) is 18.2 Å². The number of non-ortho nitro benzene ring substituents is 1. The average molecular weight is 309 g/mol. The van der Waals surface area contributed by atoms with Crippen molar-refractivity contribution in [3.05, 3.63) is 28.3 Å². The number of methoxy groups -OCH3 is 1. The molecule has 2 amide bonds. The van der Waals surface area contributed by atoms with E-state index in [4.69, 9.17) is 9.47 Å². The molecule has 0 unspecified atom stereocenters. The summed E-state index contributed by atoms with van der Waals surface area (Å²) in [4.78, 5) is 24.2. The molecule has 0 aromatic heterocycles. The zero-order valence-corrected chi connectivity index (χ0v) is 12.7. The zero-order chi connectivity index (χ0) is 16.3. The molecule has 1 heterocycles. The molecule has 2 atom stereocenters. The first-order chi connectivity index (χ1) is 10.4. The molecule has 1 aliphatic heterocycles. The summed E-state index contributed by atoms with van der Waals surface area (Å²) < 4.78 is 10.7. The van der Waals surface area contributed by atoms with Crippen molar-refractivity contribution in [1.29, 1.82) is 0 Å². The Balaban J connectivity index is 2.12. The van der Waals surface area contributed by atoms with Gasteiger partial charge in [-0.2, -0.15) is 0 Å². The van der Waals surface area contributed by atoms with Gasteiger partial charge in [0.2, 0.25) is 0 Å². The fraction of sp³-hybridized carbons (Fsp3) is 0.500. The molecule has 1 aliphatic rings. The summed E-state index contributed by atoms with van der Waals surface area (Å²) in [5.41, 5.74) is 0.299. The van der Waals surface area contributed by atoms with Gasteiger partial charge >= 0.3 is 6.03 Å². The molecule has 22 heavy (non-hydrogen) atoms. The van der Waals surface area contributed by atoms with Gasteiger partial charge in [0, 0.05) is 19.2 Å². The SMILES string of the molecule is COc1cc([N+](=O)[O-])ccc1NC(=O)N1C[C@@H](C)O[C@H](C)C1. The molecule has 0 saturated carbocycles. The van der Waals surface area contributed by atoms with Gasteiger partial charge < -0.3 is 19.7 Å². The largest absolute Gasteiger partial charge is 0.494 e. The summed E-state index contributed by atoms with van der Waals surface area (Å²) in [5, 5.41) is 13.5. The van der Waals surface area contributed by atoms with Crippen molar-refractivity contribution in [3.63, 3.8) is 0 Å². The molecule has 8 heteroatoms. The van der Waals surface area contributed by atoms with E-state index in [1.54, 1.807) is 4.90 Å². The van der Waals surface area contributed by atoms with Crippen LogP contribution >= 0.6 is 0 Å². The molecular formula is C14H19N3O5. The molecule has 0 radical (unpaired) electrons. The fourth-order valence-electron chi connectivity index (χ4n) is 2.43. The van der Waals surface area contributed by atoms with Crippen molar-refractivity contribution in [2.75, 3.05) is 25.5 Å². The molecule has 8 nitrogen and oxygen atoms in total. The molecule has 0 bridgehead atoms. The Labute approximate surface area is 128 Å². The van der Waals surface area contributed by atoms with E-state index in [0.29, 0.717) is 18.8 Å². The Kier molecular flexibility index (Phi) is 4.81. The number of carbonyl (C=O) groups excluding carboxylic acids is 1. The van der Waals surface area contributed by atoms with Gasteiger partial charge in [0.15, 0.2) is 0 Å². The van der Waals surface area contributed by atoms with E-state index in [0.717, 1.165) is 0 Å². The lowest BCUT2D eigenvalue weighted by Crippen LogP contribution is -2.49. The van der Waals surface area contributed by atoms with Gasteiger partial charge in [-0.05, 0) is 19.9 Å². The predicted molar refractivity (Wildman–Crippen MR) is 80.2 cm³/mol. The van der Waals surface area contributed by atoms with E-state index < -0.39 is 4.92 Å². The van der Waals surface area contributed by atoms with Crippen LogP contribution in [0.4, 0.5) is 16.2 Å². The van der Waals surface area contributed by atoms with Crippen LogP contribution in [-0.4, -0.2) is 48.3 Å². The van der Waals surface area contributed by atoms with E-state index in [-0.39, 0.29) is 29.7 Å². The third-order valence-electron chi connectivity index (χ3n) is 3.34. The number of benzene rings is 1. The van der Waals surface area contributed by atoms with Gasteiger partial charge in [0.25, 0.3) is 5.69 Å². The first-order valence-electron chi connectivity index (χ1n) is 6.94.